The van der Waals surface area contributed by atoms with Gasteiger partial charge in [-0.25, -0.2) is 0 Å². The Hall–Kier alpha value is -0.980. The normalized spacial score (nSPS) is 10.6. The van der Waals surface area contributed by atoms with E-state index in [4.69, 9.17) is 0 Å². The molecule has 1 amide bonds. The summed E-state index contributed by atoms with van der Waals surface area (Å²) in [6.45, 7) is 5.25. The standard InChI is InChI=1S/C12H26N4O2/c1-13-5-8-16(9-6-14-2)10-7-15-12(18)4-3-11-17/h11,13-14H,3-10H2,1-2H3,(H,15,18). The van der Waals surface area contributed by atoms with Crippen molar-refractivity contribution >= 4 is 12.2 Å². The molecular weight excluding hydrogens is 232 g/mol. The zero-order valence-corrected chi connectivity index (χ0v) is 11.5. The summed E-state index contributed by atoms with van der Waals surface area (Å²) in [6, 6.07) is 0. The summed E-state index contributed by atoms with van der Waals surface area (Å²) >= 11 is 0. The van der Waals surface area contributed by atoms with Crippen LogP contribution < -0.4 is 16.0 Å². The van der Waals surface area contributed by atoms with Gasteiger partial charge in [0, 0.05) is 52.1 Å². The maximum Gasteiger partial charge on any atom is 0.220 e. The van der Waals surface area contributed by atoms with Gasteiger partial charge in [-0.05, 0) is 14.1 Å². The van der Waals surface area contributed by atoms with Gasteiger partial charge in [0.25, 0.3) is 0 Å². The van der Waals surface area contributed by atoms with E-state index in [1.165, 1.54) is 0 Å². The summed E-state index contributed by atoms with van der Waals surface area (Å²) in [5, 5.41) is 9.05. The van der Waals surface area contributed by atoms with Gasteiger partial charge in [-0.15, -0.1) is 0 Å². The molecule has 0 aliphatic heterocycles. The maximum absolute atomic E-state index is 11.3. The summed E-state index contributed by atoms with van der Waals surface area (Å²) in [4.78, 5) is 23.7. The number of hydrogen-bond acceptors (Lipinski definition) is 5. The van der Waals surface area contributed by atoms with Crippen LogP contribution in [0.3, 0.4) is 0 Å². The van der Waals surface area contributed by atoms with E-state index in [0.29, 0.717) is 13.0 Å². The monoisotopic (exact) mass is 258 g/mol. The van der Waals surface area contributed by atoms with Crippen molar-refractivity contribution in [1.82, 2.24) is 20.9 Å². The number of carbonyl (C=O) groups is 2. The first-order valence-electron chi connectivity index (χ1n) is 6.46. The number of amides is 1. The van der Waals surface area contributed by atoms with Crippen LogP contribution in [-0.4, -0.2) is 70.5 Å². The Labute approximate surface area is 109 Å². The first-order chi connectivity index (χ1) is 8.74. The molecule has 0 aromatic carbocycles. The number of nitrogens with one attached hydrogen (secondary N) is 3. The van der Waals surface area contributed by atoms with Gasteiger partial charge in [0.15, 0.2) is 0 Å². The smallest absolute Gasteiger partial charge is 0.220 e. The van der Waals surface area contributed by atoms with Crippen molar-refractivity contribution in [2.75, 3.05) is 53.4 Å². The molecule has 0 heterocycles. The third-order valence-electron chi connectivity index (χ3n) is 2.60. The first kappa shape index (κ1) is 17.0. The Morgan fingerprint density at radius 3 is 2.11 bits per heavy atom. The van der Waals surface area contributed by atoms with Crippen molar-refractivity contribution in [1.29, 1.82) is 0 Å². The minimum atomic E-state index is -0.0516. The molecule has 0 unspecified atom stereocenters. The Kier molecular flexibility index (Phi) is 11.8. The Morgan fingerprint density at radius 2 is 1.61 bits per heavy atom. The summed E-state index contributed by atoms with van der Waals surface area (Å²) in [7, 11) is 3.86. The van der Waals surface area contributed by atoms with Crippen LogP contribution in [0.1, 0.15) is 12.8 Å². The number of aldehydes is 1. The van der Waals surface area contributed by atoms with E-state index in [0.717, 1.165) is 39.0 Å². The van der Waals surface area contributed by atoms with Gasteiger partial charge in [-0.1, -0.05) is 0 Å². The fourth-order valence-electron chi connectivity index (χ4n) is 1.51. The Bertz CT molecular complexity index is 216. The molecule has 0 saturated heterocycles. The minimum Gasteiger partial charge on any atom is -0.355 e. The highest BCUT2D eigenvalue weighted by molar-refractivity contribution is 5.77. The highest BCUT2D eigenvalue weighted by Gasteiger charge is 2.05. The second-order valence-electron chi connectivity index (χ2n) is 4.10. The first-order valence-corrected chi connectivity index (χ1v) is 6.46. The van der Waals surface area contributed by atoms with Crippen molar-refractivity contribution in [3.8, 4) is 0 Å². The van der Waals surface area contributed by atoms with Gasteiger partial charge in [0.2, 0.25) is 5.91 Å². The average molecular weight is 258 g/mol. The van der Waals surface area contributed by atoms with Gasteiger partial charge in [-0.3, -0.25) is 9.69 Å². The van der Waals surface area contributed by atoms with Gasteiger partial charge in [0.1, 0.15) is 6.29 Å². The van der Waals surface area contributed by atoms with Crippen LogP contribution in [0.2, 0.25) is 0 Å². The highest BCUT2D eigenvalue weighted by Crippen LogP contribution is 1.87. The van der Waals surface area contributed by atoms with Crippen LogP contribution in [-0.2, 0) is 9.59 Å². The Morgan fingerprint density at radius 1 is 1.06 bits per heavy atom. The lowest BCUT2D eigenvalue weighted by molar-refractivity contribution is -0.122. The molecule has 6 nitrogen and oxygen atoms in total. The molecule has 0 atom stereocenters. The summed E-state index contributed by atoms with van der Waals surface area (Å²) < 4.78 is 0. The van der Waals surface area contributed by atoms with Crippen molar-refractivity contribution in [2.45, 2.75) is 12.8 Å². The number of likely N-dealkylation sites (N-methyl/N-ethyl adjacent to an activating group) is 2. The lowest BCUT2D eigenvalue weighted by atomic mass is 10.3. The summed E-state index contributed by atoms with van der Waals surface area (Å²) in [5.74, 6) is -0.0516. The third-order valence-corrected chi connectivity index (χ3v) is 2.60. The van der Waals surface area contributed by atoms with E-state index in [2.05, 4.69) is 20.9 Å². The lowest BCUT2D eigenvalue weighted by Crippen LogP contribution is -2.40. The van der Waals surface area contributed by atoms with Gasteiger partial charge in [0.05, 0.1) is 0 Å². The molecule has 0 bridgehead atoms. The summed E-state index contributed by atoms with van der Waals surface area (Å²) in [6.07, 6.45) is 1.36. The largest absolute Gasteiger partial charge is 0.355 e. The zero-order chi connectivity index (χ0) is 13.6. The summed E-state index contributed by atoms with van der Waals surface area (Å²) in [5.41, 5.74) is 0. The van der Waals surface area contributed by atoms with Crippen molar-refractivity contribution in [3.63, 3.8) is 0 Å². The zero-order valence-electron chi connectivity index (χ0n) is 11.5. The van der Waals surface area contributed by atoms with Crippen LogP contribution in [0.5, 0.6) is 0 Å². The SMILES string of the molecule is CNCCN(CCNC)CCNC(=O)CCC=O. The van der Waals surface area contributed by atoms with Crippen molar-refractivity contribution in [2.24, 2.45) is 0 Å². The van der Waals surface area contributed by atoms with Gasteiger partial charge >= 0.3 is 0 Å². The number of nitrogens with zero attached hydrogens (tertiary/aromatic N) is 1. The quantitative estimate of drug-likeness (QED) is 0.384. The molecule has 106 valence electrons. The number of rotatable bonds is 12. The van der Waals surface area contributed by atoms with Crippen molar-refractivity contribution in [3.05, 3.63) is 0 Å². The van der Waals surface area contributed by atoms with E-state index in [-0.39, 0.29) is 12.3 Å². The predicted octanol–water partition coefficient (Wildman–Crippen LogP) is -1.18. The molecule has 3 N–H and O–H groups in total. The average Bonchev–Trinajstić information content (AvgIpc) is 2.38. The van der Waals surface area contributed by atoms with Crippen LogP contribution in [0.25, 0.3) is 0 Å². The number of hydrogen-bond donors (Lipinski definition) is 3. The molecule has 0 rings (SSSR count). The molecule has 0 saturated carbocycles. The second-order valence-corrected chi connectivity index (χ2v) is 4.10. The molecule has 0 aliphatic rings. The molecule has 18 heavy (non-hydrogen) atoms. The van der Waals surface area contributed by atoms with E-state index in [9.17, 15) is 9.59 Å². The topological polar surface area (TPSA) is 73.5 Å². The van der Waals surface area contributed by atoms with E-state index < -0.39 is 0 Å². The van der Waals surface area contributed by atoms with Crippen LogP contribution in [0.15, 0.2) is 0 Å². The van der Waals surface area contributed by atoms with Crippen LogP contribution in [0.4, 0.5) is 0 Å². The molecule has 0 aromatic heterocycles. The highest BCUT2D eigenvalue weighted by atomic mass is 16.1. The van der Waals surface area contributed by atoms with Crippen LogP contribution in [0, 0.1) is 0 Å². The van der Waals surface area contributed by atoms with Gasteiger partial charge < -0.3 is 20.7 Å². The molecule has 6 heteroatoms. The molecule has 0 aromatic rings. The predicted molar refractivity (Wildman–Crippen MR) is 72.6 cm³/mol. The molecule has 0 aliphatic carbocycles. The number of carbonyl (C=O) groups excluding carboxylic acids is 2. The minimum absolute atomic E-state index is 0.0516. The maximum atomic E-state index is 11.3. The van der Waals surface area contributed by atoms with E-state index in [1.807, 2.05) is 14.1 Å². The lowest BCUT2D eigenvalue weighted by Gasteiger charge is -2.22. The van der Waals surface area contributed by atoms with E-state index >= 15 is 0 Å². The van der Waals surface area contributed by atoms with E-state index in [1.54, 1.807) is 0 Å². The molecule has 0 fully saturated rings. The van der Waals surface area contributed by atoms with Crippen molar-refractivity contribution < 1.29 is 9.59 Å². The third kappa shape index (κ3) is 10.2. The Balaban J connectivity index is 3.72. The molecule has 0 radical (unpaired) electrons. The van der Waals surface area contributed by atoms with Gasteiger partial charge in [-0.2, -0.15) is 0 Å². The molecule has 0 spiro atoms. The fourth-order valence-corrected chi connectivity index (χ4v) is 1.51. The fraction of sp³-hybridized carbons (Fsp3) is 0.833. The van der Waals surface area contributed by atoms with Crippen LogP contribution >= 0.6 is 0 Å². The molecular formula is C12H26N4O2. The second kappa shape index (κ2) is 12.5.